The highest BCUT2D eigenvalue weighted by Gasteiger charge is 2.34. The number of aromatic nitrogens is 2. The van der Waals surface area contributed by atoms with Gasteiger partial charge in [-0.1, -0.05) is 12.1 Å². The van der Waals surface area contributed by atoms with Crippen LogP contribution in [0.25, 0.3) is 33.3 Å². The molecule has 2 N–H and O–H groups in total. The van der Waals surface area contributed by atoms with Gasteiger partial charge < -0.3 is 24.1 Å². The number of esters is 1. The normalized spacial score (nSPS) is 15.0. The third kappa shape index (κ3) is 3.32. The van der Waals surface area contributed by atoms with Crippen LogP contribution in [0.3, 0.4) is 0 Å². The summed E-state index contributed by atoms with van der Waals surface area (Å²) in [6.45, 7) is 0. The lowest BCUT2D eigenvalue weighted by atomic mass is 9.84. The molecule has 3 heterocycles. The van der Waals surface area contributed by atoms with Gasteiger partial charge in [-0.25, -0.2) is 0 Å². The molecule has 1 atom stereocenters. The quantitative estimate of drug-likeness (QED) is 0.286. The van der Waals surface area contributed by atoms with Crippen LogP contribution in [0.1, 0.15) is 23.5 Å². The maximum atomic E-state index is 13.2. The van der Waals surface area contributed by atoms with Crippen LogP contribution in [-0.2, 0) is 4.79 Å². The molecule has 0 saturated carbocycles. The average molecular weight is 482 g/mol. The second-order valence-corrected chi connectivity index (χ2v) is 8.38. The van der Waals surface area contributed by atoms with Crippen molar-refractivity contribution in [3.8, 4) is 34.3 Å². The van der Waals surface area contributed by atoms with Crippen LogP contribution in [0.4, 0.5) is 0 Å². The molecule has 0 aliphatic carbocycles. The van der Waals surface area contributed by atoms with Gasteiger partial charge in [0.15, 0.2) is 16.9 Å². The number of rotatable bonds is 3. The van der Waals surface area contributed by atoms with Crippen LogP contribution >= 0.6 is 0 Å². The van der Waals surface area contributed by atoms with E-state index in [0.717, 1.165) is 0 Å². The Hall–Kier alpha value is -4.92. The third-order valence-corrected chi connectivity index (χ3v) is 6.29. The van der Waals surface area contributed by atoms with E-state index in [4.69, 9.17) is 13.9 Å². The molecule has 0 fully saturated rings. The van der Waals surface area contributed by atoms with Gasteiger partial charge in [-0.05, 0) is 29.8 Å². The molecule has 178 valence electrons. The number of hydrogen-bond acceptors (Lipinski definition) is 9. The fourth-order valence-corrected chi connectivity index (χ4v) is 4.71. The molecule has 0 radical (unpaired) electrons. The first-order chi connectivity index (χ1) is 17.4. The molecule has 6 rings (SSSR count). The highest BCUT2D eigenvalue weighted by molar-refractivity contribution is 5.94. The Kier molecular flexibility index (Phi) is 4.85. The summed E-state index contributed by atoms with van der Waals surface area (Å²) < 4.78 is 16.8. The summed E-state index contributed by atoms with van der Waals surface area (Å²) in [5, 5.41) is 20.9. The third-order valence-electron chi connectivity index (χ3n) is 6.29. The van der Waals surface area contributed by atoms with E-state index in [1.54, 1.807) is 24.5 Å². The van der Waals surface area contributed by atoms with E-state index in [1.807, 2.05) is 18.2 Å². The molecule has 1 aliphatic rings. The summed E-state index contributed by atoms with van der Waals surface area (Å²) in [6.07, 6.45) is 3.12. The summed E-state index contributed by atoms with van der Waals surface area (Å²) in [5.41, 5.74) is 2.42. The maximum Gasteiger partial charge on any atom is 0.312 e. The van der Waals surface area contributed by atoms with Crippen molar-refractivity contribution in [2.75, 3.05) is 7.11 Å². The van der Waals surface area contributed by atoms with Crippen molar-refractivity contribution in [3.05, 3.63) is 82.3 Å². The van der Waals surface area contributed by atoms with Crippen LogP contribution < -0.4 is 14.9 Å². The number of fused-ring (bicyclic) bond motifs is 4. The number of carbonyl (C=O) groups is 1. The van der Waals surface area contributed by atoms with Crippen LogP contribution in [-0.4, -0.2) is 33.3 Å². The molecule has 0 amide bonds. The number of phenols is 2. The van der Waals surface area contributed by atoms with Gasteiger partial charge in [-0.2, -0.15) is 0 Å². The number of hydrogen-bond donors (Lipinski definition) is 2. The van der Waals surface area contributed by atoms with E-state index in [2.05, 4.69) is 9.97 Å². The Labute approximate surface area is 203 Å². The van der Waals surface area contributed by atoms with Crippen LogP contribution in [0.5, 0.6) is 23.0 Å². The first kappa shape index (κ1) is 21.6. The van der Waals surface area contributed by atoms with Gasteiger partial charge >= 0.3 is 5.97 Å². The van der Waals surface area contributed by atoms with Crippen molar-refractivity contribution in [3.63, 3.8) is 0 Å². The molecular formula is C27H18N2O7. The molecule has 0 bridgehead atoms. The van der Waals surface area contributed by atoms with E-state index in [-0.39, 0.29) is 46.1 Å². The zero-order chi connectivity index (χ0) is 25.0. The van der Waals surface area contributed by atoms with E-state index in [9.17, 15) is 19.8 Å². The molecule has 0 spiro atoms. The van der Waals surface area contributed by atoms with Crippen molar-refractivity contribution in [2.45, 2.75) is 12.3 Å². The molecule has 0 saturated heterocycles. The Balaban J connectivity index is 1.65. The van der Waals surface area contributed by atoms with Crippen LogP contribution in [0.2, 0.25) is 0 Å². The number of aromatic hydroxyl groups is 2. The molecule has 9 heteroatoms. The number of phenolic OH excluding ortho intramolecular Hbond substituents is 2. The second kappa shape index (κ2) is 8.09. The summed E-state index contributed by atoms with van der Waals surface area (Å²) in [6, 6.07) is 12.6. The predicted molar refractivity (Wildman–Crippen MR) is 129 cm³/mol. The Morgan fingerprint density at radius 2 is 1.83 bits per heavy atom. The largest absolute Gasteiger partial charge is 0.507 e. The molecule has 3 aromatic carbocycles. The number of benzene rings is 3. The first-order valence-electron chi connectivity index (χ1n) is 11.1. The van der Waals surface area contributed by atoms with Crippen molar-refractivity contribution in [1.29, 1.82) is 0 Å². The van der Waals surface area contributed by atoms with Gasteiger partial charge in [0, 0.05) is 41.6 Å². The Morgan fingerprint density at radius 1 is 1.00 bits per heavy atom. The number of nitrogens with zero attached hydrogens (tertiary/aromatic N) is 2. The smallest absolute Gasteiger partial charge is 0.312 e. The van der Waals surface area contributed by atoms with Crippen molar-refractivity contribution < 1.29 is 28.9 Å². The van der Waals surface area contributed by atoms with Crippen LogP contribution in [0.15, 0.2) is 70.1 Å². The Bertz CT molecular complexity index is 1750. The zero-order valence-corrected chi connectivity index (χ0v) is 18.9. The summed E-state index contributed by atoms with van der Waals surface area (Å²) in [5.74, 6) is -1.05. The summed E-state index contributed by atoms with van der Waals surface area (Å²) in [7, 11) is 1.43. The molecule has 36 heavy (non-hydrogen) atoms. The first-order valence-corrected chi connectivity index (χ1v) is 11.1. The van der Waals surface area contributed by atoms with Gasteiger partial charge in [0.25, 0.3) is 0 Å². The summed E-state index contributed by atoms with van der Waals surface area (Å²) in [4.78, 5) is 34.6. The van der Waals surface area contributed by atoms with Crippen molar-refractivity contribution in [2.24, 2.45) is 0 Å². The van der Waals surface area contributed by atoms with E-state index in [0.29, 0.717) is 27.7 Å². The minimum absolute atomic E-state index is 0.0280. The van der Waals surface area contributed by atoms with E-state index in [1.165, 1.54) is 25.3 Å². The molecule has 1 unspecified atom stereocenters. The number of ether oxygens (including phenoxy) is 2. The molecule has 2 aromatic heterocycles. The standard InChI is InChI=1S/C27H18N2O7/c1-34-20-6-5-13(9-17(20)30)21-11-18(31)25-19(32)12-22-24(27(25)36-21)15(10-23(33)35-22)14-3-2-4-16-26(14)29-8-7-28-16/h2-9,11-12,15,30,32H,10H2,1H3. The SMILES string of the molecule is COc1ccc(-c2cc(=O)c3c(O)cc4c(c3o2)C(c2cccc3nccnc23)CC(=O)O4)cc1O. The Morgan fingerprint density at radius 3 is 2.64 bits per heavy atom. The minimum Gasteiger partial charge on any atom is -0.507 e. The van der Waals surface area contributed by atoms with Crippen LogP contribution in [0, 0.1) is 0 Å². The molecule has 5 aromatic rings. The van der Waals surface area contributed by atoms with Gasteiger partial charge in [-0.15, -0.1) is 0 Å². The van der Waals surface area contributed by atoms with E-state index >= 15 is 0 Å². The van der Waals surface area contributed by atoms with Gasteiger partial charge in [0.1, 0.15) is 28.2 Å². The lowest BCUT2D eigenvalue weighted by molar-refractivity contribution is -0.135. The van der Waals surface area contributed by atoms with Gasteiger partial charge in [-0.3, -0.25) is 19.6 Å². The van der Waals surface area contributed by atoms with Crippen molar-refractivity contribution >= 4 is 28.0 Å². The molecule has 1 aliphatic heterocycles. The lowest BCUT2D eigenvalue weighted by Crippen LogP contribution is -2.22. The average Bonchev–Trinajstić information content (AvgIpc) is 2.87. The topological polar surface area (TPSA) is 132 Å². The predicted octanol–water partition coefficient (Wildman–Crippen LogP) is 4.26. The van der Waals surface area contributed by atoms with Crippen molar-refractivity contribution in [1.82, 2.24) is 9.97 Å². The summed E-state index contributed by atoms with van der Waals surface area (Å²) >= 11 is 0. The highest BCUT2D eigenvalue weighted by atomic mass is 16.5. The fourth-order valence-electron chi connectivity index (χ4n) is 4.71. The number of para-hydroxylation sites is 1. The van der Waals surface area contributed by atoms with E-state index < -0.39 is 17.3 Å². The number of methoxy groups -OCH3 is 1. The van der Waals surface area contributed by atoms with Gasteiger partial charge in [0.2, 0.25) is 0 Å². The minimum atomic E-state index is -0.576. The van der Waals surface area contributed by atoms with Gasteiger partial charge in [0.05, 0.1) is 24.6 Å². The second-order valence-electron chi connectivity index (χ2n) is 8.38. The maximum absolute atomic E-state index is 13.2. The lowest BCUT2D eigenvalue weighted by Gasteiger charge is -2.26. The molecule has 9 nitrogen and oxygen atoms in total. The highest BCUT2D eigenvalue weighted by Crippen LogP contribution is 2.47. The zero-order valence-electron chi connectivity index (χ0n) is 18.9. The monoisotopic (exact) mass is 482 g/mol. The number of carbonyl (C=O) groups excluding carboxylic acids is 1. The molecular weight excluding hydrogens is 464 g/mol. The fraction of sp³-hybridized carbons (Fsp3) is 0.111.